The number of ether oxygens (including phenoxy) is 1. The van der Waals surface area contributed by atoms with Crippen LogP contribution in [0.15, 0.2) is 27.6 Å². The molecule has 0 fully saturated rings. The summed E-state index contributed by atoms with van der Waals surface area (Å²) in [6, 6.07) is 3.65. The maximum Gasteiger partial charge on any atom is 0.331 e. The molecule has 3 aromatic rings. The number of nitrogens with zero attached hydrogens (tertiary/aromatic N) is 2. The van der Waals surface area contributed by atoms with Crippen molar-refractivity contribution in [2.24, 2.45) is 0 Å². The summed E-state index contributed by atoms with van der Waals surface area (Å²) < 4.78 is 14.8. The van der Waals surface area contributed by atoms with E-state index in [0.29, 0.717) is 18.9 Å². The lowest BCUT2D eigenvalue weighted by Crippen LogP contribution is -2.40. The zero-order valence-electron chi connectivity index (χ0n) is 16.0. The van der Waals surface area contributed by atoms with Crippen LogP contribution in [0.3, 0.4) is 0 Å². The third-order valence-electron chi connectivity index (χ3n) is 5.11. The second kappa shape index (κ2) is 6.80. The van der Waals surface area contributed by atoms with Gasteiger partial charge in [0, 0.05) is 17.8 Å². The normalized spacial score (nSPS) is 16.0. The molecule has 0 atom stereocenters. The van der Waals surface area contributed by atoms with Gasteiger partial charge in [-0.25, -0.2) is 4.79 Å². The van der Waals surface area contributed by atoms with Crippen LogP contribution in [0, 0.1) is 5.41 Å². The van der Waals surface area contributed by atoms with E-state index in [4.69, 9.17) is 14.6 Å². The highest BCUT2D eigenvalue weighted by atomic mass is 32.1. The average Bonchev–Trinajstić information content (AvgIpc) is 3.25. The van der Waals surface area contributed by atoms with Crippen LogP contribution in [-0.2, 0) is 30.9 Å². The van der Waals surface area contributed by atoms with E-state index in [9.17, 15) is 4.79 Å². The summed E-state index contributed by atoms with van der Waals surface area (Å²) in [7, 11) is 0. The van der Waals surface area contributed by atoms with Crippen LogP contribution in [0.2, 0.25) is 0 Å². The van der Waals surface area contributed by atoms with Crippen LogP contribution in [0.1, 0.15) is 49.8 Å². The van der Waals surface area contributed by atoms with Gasteiger partial charge in [-0.2, -0.15) is 0 Å². The number of hydrogen-bond acceptors (Lipinski definition) is 5. The number of aryl methyl sites for hydroxylation is 1. The maximum absolute atomic E-state index is 13.2. The van der Waals surface area contributed by atoms with E-state index in [1.165, 1.54) is 4.57 Å². The summed E-state index contributed by atoms with van der Waals surface area (Å²) in [5.74, 6) is 0.680. The number of rotatable bonds is 5. The number of hydrogen-bond donors (Lipinski definition) is 1. The third-order valence-corrected chi connectivity index (χ3v) is 6.34. The van der Waals surface area contributed by atoms with Gasteiger partial charge in [0.2, 0.25) is 0 Å². The van der Waals surface area contributed by atoms with Crippen molar-refractivity contribution in [2.75, 3.05) is 0 Å². The minimum Gasteiger partial charge on any atom is -0.467 e. The summed E-state index contributed by atoms with van der Waals surface area (Å²) in [6.07, 6.45) is 4.29. The van der Waals surface area contributed by atoms with Crippen molar-refractivity contribution in [1.82, 2.24) is 9.13 Å². The number of fused-ring (bicyclic) bond motifs is 3. The first-order chi connectivity index (χ1) is 12.9. The Morgan fingerprint density at radius 1 is 1.33 bits per heavy atom. The first kappa shape index (κ1) is 18.3. The maximum atomic E-state index is 13.2. The van der Waals surface area contributed by atoms with Crippen molar-refractivity contribution in [3.63, 3.8) is 0 Å². The van der Waals surface area contributed by atoms with Crippen LogP contribution >= 0.6 is 11.3 Å². The lowest BCUT2D eigenvalue weighted by molar-refractivity contribution is -0.0379. The molecule has 1 aliphatic heterocycles. The lowest BCUT2D eigenvalue weighted by atomic mass is 9.94. The van der Waals surface area contributed by atoms with E-state index >= 15 is 0 Å². The summed E-state index contributed by atoms with van der Waals surface area (Å²) in [6.45, 7) is 7.75. The Morgan fingerprint density at radius 3 is 2.85 bits per heavy atom. The molecule has 1 N–H and O–H groups in total. The van der Waals surface area contributed by atoms with Gasteiger partial charge in [0.15, 0.2) is 0 Å². The monoisotopic (exact) mass is 387 g/mol. The molecule has 0 bridgehead atoms. The van der Waals surface area contributed by atoms with Gasteiger partial charge in [0.1, 0.15) is 16.1 Å². The standard InChI is InChI=1S/C20H25N3O3S/c1-4-5-8-22-18-16(14-10-20(2,3)26-12-15(14)27-18)17(21)23(19(22)24)11-13-7-6-9-25-13/h6-7,9,21H,4-5,8,10-12H2,1-3H3. The topological polar surface area (TPSA) is 73.2 Å². The molecule has 7 heteroatoms. The summed E-state index contributed by atoms with van der Waals surface area (Å²) >= 11 is 1.60. The van der Waals surface area contributed by atoms with Gasteiger partial charge in [-0.3, -0.25) is 14.5 Å². The molecule has 0 radical (unpaired) electrons. The van der Waals surface area contributed by atoms with Crippen molar-refractivity contribution < 1.29 is 9.15 Å². The Morgan fingerprint density at radius 2 is 2.15 bits per heavy atom. The molecule has 0 aliphatic carbocycles. The van der Waals surface area contributed by atoms with Crippen LogP contribution in [0.4, 0.5) is 0 Å². The van der Waals surface area contributed by atoms with Gasteiger partial charge in [-0.1, -0.05) is 13.3 Å². The minimum absolute atomic E-state index is 0.142. The van der Waals surface area contributed by atoms with E-state index in [0.717, 1.165) is 39.9 Å². The Bertz CT molecular complexity index is 1090. The van der Waals surface area contributed by atoms with Gasteiger partial charge >= 0.3 is 5.69 Å². The minimum atomic E-state index is -0.260. The molecule has 3 aromatic heterocycles. The highest BCUT2D eigenvalue weighted by Gasteiger charge is 2.31. The predicted octanol–water partition coefficient (Wildman–Crippen LogP) is 3.64. The number of thiophene rings is 1. The molecule has 4 rings (SSSR count). The zero-order chi connectivity index (χ0) is 19.2. The van der Waals surface area contributed by atoms with E-state index in [1.54, 1.807) is 23.7 Å². The number of unbranched alkanes of at least 4 members (excludes halogenated alkanes) is 1. The SMILES string of the molecule is CCCCn1c(=O)n(Cc2ccco2)c(=N)c2c3c(sc21)COC(C)(C)C3. The van der Waals surface area contributed by atoms with Gasteiger partial charge in [-0.15, -0.1) is 11.3 Å². The Kier molecular flexibility index (Phi) is 4.60. The van der Waals surface area contributed by atoms with Gasteiger partial charge in [0.05, 0.1) is 30.4 Å². The highest BCUT2D eigenvalue weighted by Crippen LogP contribution is 2.37. The van der Waals surface area contributed by atoms with Crippen molar-refractivity contribution in [3.8, 4) is 0 Å². The summed E-state index contributed by atoms with van der Waals surface area (Å²) in [5.41, 5.74) is 1.03. The fourth-order valence-electron chi connectivity index (χ4n) is 3.65. The van der Waals surface area contributed by atoms with Crippen LogP contribution < -0.4 is 11.2 Å². The zero-order valence-corrected chi connectivity index (χ0v) is 16.8. The van der Waals surface area contributed by atoms with Crippen LogP contribution in [0.25, 0.3) is 10.2 Å². The molecule has 4 heterocycles. The largest absolute Gasteiger partial charge is 0.467 e. The van der Waals surface area contributed by atoms with Gasteiger partial charge in [-0.05, 0) is 38.0 Å². The molecule has 0 aromatic carbocycles. The van der Waals surface area contributed by atoms with E-state index in [-0.39, 0.29) is 23.3 Å². The highest BCUT2D eigenvalue weighted by molar-refractivity contribution is 7.18. The molecule has 0 saturated heterocycles. The molecule has 144 valence electrons. The molecule has 27 heavy (non-hydrogen) atoms. The average molecular weight is 388 g/mol. The van der Waals surface area contributed by atoms with Crippen molar-refractivity contribution in [2.45, 2.75) is 65.3 Å². The van der Waals surface area contributed by atoms with E-state index in [1.807, 2.05) is 10.6 Å². The number of aromatic nitrogens is 2. The van der Waals surface area contributed by atoms with Crippen molar-refractivity contribution >= 4 is 21.6 Å². The molecule has 0 unspecified atom stereocenters. The lowest BCUT2D eigenvalue weighted by Gasteiger charge is -2.30. The van der Waals surface area contributed by atoms with Gasteiger partial charge < -0.3 is 9.15 Å². The fraction of sp³-hybridized carbons (Fsp3) is 0.500. The Hall–Kier alpha value is -2.12. The predicted molar refractivity (Wildman–Crippen MR) is 105 cm³/mol. The molecular formula is C20H25N3O3S. The van der Waals surface area contributed by atoms with Crippen molar-refractivity contribution in [1.29, 1.82) is 5.41 Å². The van der Waals surface area contributed by atoms with Crippen LogP contribution in [0.5, 0.6) is 0 Å². The second-order valence-electron chi connectivity index (χ2n) is 7.71. The van der Waals surface area contributed by atoms with E-state index < -0.39 is 0 Å². The Balaban J connectivity index is 1.98. The van der Waals surface area contributed by atoms with Crippen molar-refractivity contribution in [3.05, 3.63) is 50.6 Å². The second-order valence-corrected chi connectivity index (χ2v) is 8.79. The van der Waals surface area contributed by atoms with E-state index in [2.05, 4.69) is 20.8 Å². The summed E-state index contributed by atoms with van der Waals surface area (Å²) in [4.78, 5) is 15.3. The Labute approximate surface area is 161 Å². The first-order valence-electron chi connectivity index (χ1n) is 9.40. The number of furan rings is 1. The quantitative estimate of drug-likeness (QED) is 0.726. The third kappa shape index (κ3) is 3.19. The molecule has 0 spiro atoms. The smallest absolute Gasteiger partial charge is 0.331 e. The number of nitrogens with one attached hydrogen (secondary N) is 1. The summed E-state index contributed by atoms with van der Waals surface area (Å²) in [5, 5.41) is 9.71. The van der Waals surface area contributed by atoms with Crippen LogP contribution in [-0.4, -0.2) is 14.7 Å². The van der Waals surface area contributed by atoms with Gasteiger partial charge in [0.25, 0.3) is 0 Å². The molecule has 1 aliphatic rings. The molecule has 0 saturated carbocycles. The molecule has 0 amide bonds. The molecule has 6 nitrogen and oxygen atoms in total. The first-order valence-corrected chi connectivity index (χ1v) is 10.2. The molecular weight excluding hydrogens is 362 g/mol. The fourth-order valence-corrected chi connectivity index (χ4v) is 4.91.